The van der Waals surface area contributed by atoms with E-state index in [1.54, 1.807) is 106 Å². The predicted molar refractivity (Wildman–Crippen MR) is 486 cm³/mol. The molecule has 0 amide bonds. The van der Waals surface area contributed by atoms with Gasteiger partial charge >= 0.3 is 275 Å². The molecule has 0 spiro atoms. The van der Waals surface area contributed by atoms with Crippen molar-refractivity contribution in [3.8, 4) is 23.0 Å². The lowest BCUT2D eigenvalue weighted by molar-refractivity contribution is -0.132. The lowest BCUT2D eigenvalue weighted by Crippen LogP contribution is -2.57. The minimum absolute atomic E-state index is 0.000297. The highest BCUT2D eigenvalue weighted by atomic mass is 30.1. The zero-order valence-electron chi connectivity index (χ0n) is 69.3. The number of ether oxygens (including phenoxy) is 3. The van der Waals surface area contributed by atoms with Crippen LogP contribution in [0.5, 0.6) is 23.0 Å². The summed E-state index contributed by atoms with van der Waals surface area (Å²) in [5.41, 5.74) is 2.15. The van der Waals surface area contributed by atoms with Gasteiger partial charge in [-0.3, -0.25) is 4.79 Å². The molecule has 0 unspecified atom stereocenters. The molecule has 0 fully saturated rings. The van der Waals surface area contributed by atoms with E-state index in [4.69, 9.17) is 22.4 Å². The second-order valence-electron chi connectivity index (χ2n) is 30.2. The first-order chi connectivity index (χ1) is 59.8. The zero-order valence-corrected chi connectivity index (χ0v) is 110. The number of aromatic hydroxyl groups is 1. The molecule has 4 aromatic carbocycles. The fourth-order valence-electron chi connectivity index (χ4n) is 11.1. The van der Waals surface area contributed by atoms with Crippen LogP contribution >= 0.6 is 0 Å². The van der Waals surface area contributed by atoms with Crippen LogP contribution in [0, 0.1) is 0 Å². The normalized spacial score (nSPS) is 11.3. The van der Waals surface area contributed by atoms with Crippen LogP contribution in [0.25, 0.3) is 0 Å². The molecule has 672 valence electrons. The molecule has 0 atom stereocenters. The van der Waals surface area contributed by atoms with E-state index < -0.39 is 325 Å². The van der Waals surface area contributed by atoms with Crippen molar-refractivity contribution in [1.29, 1.82) is 0 Å². The van der Waals surface area contributed by atoms with E-state index in [2.05, 4.69) is 0 Å². The number of esters is 1. The van der Waals surface area contributed by atoms with Crippen LogP contribution in [-0.4, -0.2) is 330 Å². The first-order valence-electron chi connectivity index (χ1n) is 37.6. The third-order valence-electron chi connectivity index (χ3n) is 18.6. The summed E-state index contributed by atoms with van der Waals surface area (Å²) < 4.78 is 477. The first-order valence-corrected chi connectivity index (χ1v) is 138. The Balaban J connectivity index is 1.23. The number of carbonyl (C=O) groups excluding carboxylic acids is 2. The van der Waals surface area contributed by atoms with Gasteiger partial charge in [-0.2, -0.15) is 0 Å². The molecule has 0 aliphatic heterocycles. The summed E-state index contributed by atoms with van der Waals surface area (Å²) in [7, 11) is -159. The fraction of sp³-hybridized carbons (Fsp3) is 0.447. The van der Waals surface area contributed by atoms with Crippen LogP contribution in [-0.2, 0) is 190 Å². The molecule has 4 rings (SSSR count). The maximum atomic E-state index is 13.9. The quantitative estimate of drug-likeness (QED) is 0.0186. The van der Waals surface area contributed by atoms with Gasteiger partial charge < -0.3 is 179 Å². The highest BCUT2D eigenvalue weighted by Gasteiger charge is 2.59. The Morgan fingerprint density at radius 2 is 0.457 bits per heavy atom. The van der Waals surface area contributed by atoms with Crippen LogP contribution in [0.2, 0.25) is 76.6 Å². The third-order valence-corrected chi connectivity index (χ3v) is 324. The minimum atomic E-state index is -4.53. The molecule has 0 saturated carbocycles. The number of phenols is 1. The van der Waals surface area contributed by atoms with Crippen LogP contribution < -0.4 is 14.2 Å². The number of hydrogen-bond donors (Lipinski definition) is 1. The molecule has 129 heavy (non-hydrogen) atoms. The van der Waals surface area contributed by atoms with Crippen molar-refractivity contribution in [3.05, 3.63) is 119 Å². The van der Waals surface area contributed by atoms with E-state index in [0.29, 0.717) is 66.6 Å². The minimum Gasteiger partial charge on any atom is -0.508 e. The van der Waals surface area contributed by atoms with Crippen molar-refractivity contribution in [2.45, 2.75) is 135 Å². The Morgan fingerprint density at radius 3 is 0.698 bits per heavy atom. The highest BCUT2D eigenvalue weighted by molar-refractivity contribution is 7.84. The van der Waals surface area contributed by atoms with Crippen LogP contribution in [0.3, 0.4) is 0 Å². The smallest absolute Gasteiger partial charge is 0.508 e. The van der Waals surface area contributed by atoms with E-state index in [0.717, 1.165) is 5.56 Å². The van der Waals surface area contributed by atoms with Gasteiger partial charge in [-0.05, 0) is 123 Å². The molecule has 42 nitrogen and oxygen atoms in total. The molecule has 4 aromatic rings. The van der Waals surface area contributed by atoms with Gasteiger partial charge in [-0.15, -0.1) is 0 Å². The van der Waals surface area contributed by atoms with Crippen molar-refractivity contribution in [2.75, 3.05) is 0 Å². The molecule has 1 N–H and O–H groups in total. The number of aryl methyl sites for hydroxylation is 4. The predicted octanol–water partition coefficient (Wildman–Crippen LogP) is -5.94. The third kappa shape index (κ3) is 35.0. The number of phenolic OH excluding ortho intramolecular Hbond substituents is 1. The largest absolute Gasteiger partial charge is 0.519 e. The molecular weight excluding hydrogens is 2360 g/mol. The topological polar surface area (TPSA) is 681 Å². The fourth-order valence-corrected chi connectivity index (χ4v) is 454. The van der Waals surface area contributed by atoms with Crippen molar-refractivity contribution in [2.24, 2.45) is 0 Å². The van der Waals surface area contributed by atoms with Crippen LogP contribution in [0.4, 0.5) is 4.79 Å². The number of benzene rings is 4. The second kappa shape index (κ2) is 54.5. The average molecular weight is 2430 g/mol. The molecule has 82 heteroatoms. The van der Waals surface area contributed by atoms with Gasteiger partial charge in [0.2, 0.25) is 18.6 Å². The maximum absolute atomic E-state index is 13.9. The van der Waals surface area contributed by atoms with Gasteiger partial charge in [-0.1, -0.05) is 124 Å². The number of carbonyl (C=O) groups is 2. The Hall–Kier alpha value is -2.78. The van der Waals surface area contributed by atoms with Gasteiger partial charge in [0.25, 0.3) is 0 Å². The standard InChI is InChI=1S/C47H72O42Si40/c1-38(48)85-44-31-15-11-23-40(44)27-18-34-126(2,3)88-90-92(51)94(53)96(55)98(57)100(59)102(61)104(63)107(66)109(68)111(70)113(72)115(74)117(76)119(78)121(80)123(82)125(84)129(8,9)37-21-29-42-25-13-17-33-46(42)87-47(50)86-45-32-16-12-24-41(45)28-19-35-127(4,5)89-91-93(52)95(54)97(56)99(58)101(60)103(62)105(64)106(65)108(67)110(69)112(71)114(73)116(75)118(77)120(79)122(81)124(83)128(6,7)36-20-26-39-22-10-14-30-43(39)49/h10-17,22-25,30-33,49H,18-21,26-29,34-37,90-91H2,1-9H3. The zero-order chi connectivity index (χ0) is 98.2. The molecule has 0 radical (unpaired) electrons. The van der Waals surface area contributed by atoms with E-state index >= 15 is 0 Å². The molecule has 0 aliphatic carbocycles. The van der Waals surface area contributed by atoms with Crippen LogP contribution in [0.15, 0.2) is 97.1 Å². The van der Waals surface area contributed by atoms with E-state index in [-0.39, 0.29) is 48.6 Å². The Bertz CT molecular complexity index is 5820. The molecule has 0 aliphatic rings. The molecule has 0 heterocycles. The van der Waals surface area contributed by atoms with Crippen molar-refractivity contribution < 1.29 is 189 Å². The van der Waals surface area contributed by atoms with Gasteiger partial charge in [0.15, 0.2) is 16.6 Å². The molecule has 0 aromatic heterocycles. The maximum Gasteiger partial charge on any atom is 0.519 e. The van der Waals surface area contributed by atoms with E-state index in [1.165, 1.54) is 50.3 Å². The first kappa shape index (κ1) is 119. The van der Waals surface area contributed by atoms with Crippen molar-refractivity contribution in [1.82, 2.24) is 0 Å². The van der Waals surface area contributed by atoms with E-state index in [9.17, 15) is 166 Å². The summed E-state index contributed by atoms with van der Waals surface area (Å²) in [4.78, 5) is 24.9. The van der Waals surface area contributed by atoms with Gasteiger partial charge in [0.1, 0.15) is 38.2 Å². The second-order valence-corrected chi connectivity index (χ2v) is 229. The lowest BCUT2D eigenvalue weighted by atomic mass is 10.1. The summed E-state index contributed by atoms with van der Waals surface area (Å²) in [5.74, 6) is -0.130. The number of hydrogen-bond acceptors (Lipinski definition) is 42. The van der Waals surface area contributed by atoms with Gasteiger partial charge in [0, 0.05) is 6.92 Å². The van der Waals surface area contributed by atoms with E-state index in [1.807, 2.05) is 0 Å². The summed E-state index contributed by atoms with van der Waals surface area (Å²) >= 11 is 0. The van der Waals surface area contributed by atoms with Crippen molar-refractivity contribution in [3.63, 3.8) is 0 Å². The highest BCUT2D eigenvalue weighted by Crippen LogP contribution is 2.28. The summed E-state index contributed by atoms with van der Waals surface area (Å²) in [6.45, 7) is 14.2. The Morgan fingerprint density at radius 1 is 0.264 bits per heavy atom. The molecular formula is C47H72O42Si40. The lowest BCUT2D eigenvalue weighted by Gasteiger charge is -2.22. The number of rotatable bonds is 59. The SMILES string of the molecule is CC(=O)Oc1ccccc1CCC[Si](C)(C)O[SiH2][Si](=O)[Si](=O)[Si](=O)[Si](=O)[Si](=O)[Si](=O)[Si](=O)[Si](=O)[Si](=O)[Si](=O)[Si](=O)[Si](=O)[Si](=O)[Si](=O)[Si](=O)[Si](=O)[Si](=O)[Si](C)(C)CCCc1ccccc1OC(=O)Oc1ccccc1CCC[Si](C)(C)O[SiH2][Si](=O)[Si](=O)[Si](=O)[Si](=O)[Si](=O)[Si](=O)[Si](=O)[Si](=O)[Si](=O)[Si](=O)[Si](=O)[Si](=O)[Si](=O)[Si](=O)[Si](=O)[Si](=O)[Si](=O)[Si](C)(C)CCCc1ccccc1O. The average Bonchev–Trinajstić information content (AvgIpc) is 0.813. The van der Waals surface area contributed by atoms with Gasteiger partial charge in [0.05, 0.1) is 0 Å². The molecule has 0 bridgehead atoms. The molecule has 0 saturated heterocycles. The number of para-hydroxylation sites is 4. The van der Waals surface area contributed by atoms with Crippen molar-refractivity contribution >= 4 is 325 Å². The summed E-state index contributed by atoms with van der Waals surface area (Å²) in [6, 6.07) is 26.5. The summed E-state index contributed by atoms with van der Waals surface area (Å²) in [6.07, 6.45) is 1.20. The monoisotopic (exact) mass is 2430 g/mol. The van der Waals surface area contributed by atoms with Gasteiger partial charge in [-0.25, -0.2) is 4.79 Å². The Labute approximate surface area is 782 Å². The Kier molecular flexibility index (Phi) is 50.1. The van der Waals surface area contributed by atoms with Crippen LogP contribution in [0.1, 0.15) is 54.9 Å². The summed E-state index contributed by atoms with van der Waals surface area (Å²) in [5, 5.41) is 10.0.